The summed E-state index contributed by atoms with van der Waals surface area (Å²) >= 11 is 0. The number of rotatable bonds is 3. The number of nitrogens with zero attached hydrogens (tertiary/aromatic N) is 1. The monoisotopic (exact) mass is 345 g/mol. The van der Waals surface area contributed by atoms with E-state index in [4.69, 9.17) is 0 Å². The molecular weight excluding hydrogens is 322 g/mol. The van der Waals surface area contributed by atoms with Gasteiger partial charge in [-0.1, -0.05) is 6.92 Å². The van der Waals surface area contributed by atoms with Crippen LogP contribution in [0.25, 0.3) is 22.5 Å². The third-order valence-corrected chi connectivity index (χ3v) is 5.22. The molecule has 0 spiro atoms. The van der Waals surface area contributed by atoms with Crippen molar-refractivity contribution < 1.29 is 4.79 Å². The van der Waals surface area contributed by atoms with Gasteiger partial charge in [0.15, 0.2) is 0 Å². The van der Waals surface area contributed by atoms with E-state index >= 15 is 0 Å². The van der Waals surface area contributed by atoms with Crippen molar-refractivity contribution in [1.29, 1.82) is 0 Å². The lowest BCUT2D eigenvalue weighted by Gasteiger charge is -2.11. The number of benzene rings is 1. The molecule has 0 atom stereocenters. The number of aryl methyl sites for hydroxylation is 2. The van der Waals surface area contributed by atoms with Gasteiger partial charge in [-0.15, -0.1) is 0 Å². The van der Waals surface area contributed by atoms with Gasteiger partial charge in [0.1, 0.15) is 0 Å². The summed E-state index contributed by atoms with van der Waals surface area (Å²) in [6, 6.07) is 10.4. The van der Waals surface area contributed by atoms with Crippen LogP contribution >= 0.6 is 0 Å². The number of nitrogens with one attached hydrogen (secondary N) is 2. The molecule has 0 saturated heterocycles. The molecule has 2 N–H and O–H groups in total. The second-order valence-electron chi connectivity index (χ2n) is 6.95. The number of fused-ring (bicyclic) bond motifs is 1. The van der Waals surface area contributed by atoms with Gasteiger partial charge in [0.05, 0.1) is 11.3 Å². The van der Waals surface area contributed by atoms with Crippen LogP contribution in [0.15, 0.2) is 36.5 Å². The van der Waals surface area contributed by atoms with Crippen LogP contribution in [0.5, 0.6) is 0 Å². The largest absolute Gasteiger partial charge is 0.358 e. The highest BCUT2D eigenvalue weighted by atomic mass is 16.1. The molecule has 4 nitrogen and oxygen atoms in total. The van der Waals surface area contributed by atoms with Crippen LogP contribution in [0, 0.1) is 13.8 Å². The van der Waals surface area contributed by atoms with Crippen LogP contribution in [0.1, 0.15) is 39.7 Å². The summed E-state index contributed by atoms with van der Waals surface area (Å²) in [5, 5.41) is 2.89. The van der Waals surface area contributed by atoms with Crippen molar-refractivity contribution >= 4 is 5.91 Å². The zero-order valence-electron chi connectivity index (χ0n) is 15.4. The summed E-state index contributed by atoms with van der Waals surface area (Å²) in [5.74, 6) is 0.00411. The fraction of sp³-hybridized carbons (Fsp3) is 0.273. The van der Waals surface area contributed by atoms with E-state index in [9.17, 15) is 4.79 Å². The van der Waals surface area contributed by atoms with E-state index in [0.29, 0.717) is 6.54 Å². The van der Waals surface area contributed by atoms with Crippen molar-refractivity contribution in [3.63, 3.8) is 0 Å². The number of H-pyrrole nitrogens is 1. The van der Waals surface area contributed by atoms with Crippen LogP contribution in [0.3, 0.4) is 0 Å². The van der Waals surface area contributed by atoms with E-state index in [1.54, 1.807) is 0 Å². The molecule has 1 aliphatic rings. The lowest BCUT2D eigenvalue weighted by atomic mass is 9.95. The predicted molar refractivity (Wildman–Crippen MR) is 104 cm³/mol. The second-order valence-corrected chi connectivity index (χ2v) is 6.95. The van der Waals surface area contributed by atoms with Gasteiger partial charge in [-0.2, -0.15) is 0 Å². The van der Waals surface area contributed by atoms with Crippen molar-refractivity contribution in [3.05, 3.63) is 64.5 Å². The van der Waals surface area contributed by atoms with Crippen molar-refractivity contribution in [3.8, 4) is 22.5 Å². The molecule has 0 saturated carbocycles. The maximum atomic E-state index is 12.0. The molecule has 1 aromatic carbocycles. The molecule has 3 aromatic rings. The van der Waals surface area contributed by atoms with E-state index in [-0.39, 0.29) is 5.91 Å². The number of pyridine rings is 1. The first-order chi connectivity index (χ1) is 12.6. The first-order valence-electron chi connectivity index (χ1n) is 9.14. The van der Waals surface area contributed by atoms with E-state index in [0.717, 1.165) is 46.6 Å². The molecule has 4 rings (SSSR count). The topological polar surface area (TPSA) is 57.8 Å². The molecule has 132 valence electrons. The van der Waals surface area contributed by atoms with Gasteiger partial charge < -0.3 is 10.3 Å². The SMILES string of the molecule is CCc1c(C)cc(-c2cc(-c3cc4c([nH]3)CCNC4=O)ccn2)cc1C. The van der Waals surface area contributed by atoms with Crippen molar-refractivity contribution in [2.75, 3.05) is 6.54 Å². The Morgan fingerprint density at radius 3 is 2.54 bits per heavy atom. The molecule has 1 aliphatic heterocycles. The first kappa shape index (κ1) is 16.6. The summed E-state index contributed by atoms with van der Waals surface area (Å²) < 4.78 is 0. The lowest BCUT2D eigenvalue weighted by Crippen LogP contribution is -2.31. The zero-order valence-corrected chi connectivity index (χ0v) is 15.4. The molecule has 0 bridgehead atoms. The normalized spacial score (nSPS) is 13.4. The van der Waals surface area contributed by atoms with E-state index in [1.165, 1.54) is 16.7 Å². The predicted octanol–water partition coefficient (Wildman–Crippen LogP) is 4.21. The number of carbonyl (C=O) groups is 1. The molecular formula is C22H23N3O. The summed E-state index contributed by atoms with van der Waals surface area (Å²) in [6.45, 7) is 7.21. The molecule has 26 heavy (non-hydrogen) atoms. The second kappa shape index (κ2) is 6.45. The fourth-order valence-electron chi connectivity index (χ4n) is 3.90. The highest BCUT2D eigenvalue weighted by Gasteiger charge is 2.20. The first-order valence-corrected chi connectivity index (χ1v) is 9.14. The Balaban J connectivity index is 1.75. The number of hydrogen-bond acceptors (Lipinski definition) is 2. The van der Waals surface area contributed by atoms with Crippen molar-refractivity contribution in [2.24, 2.45) is 0 Å². The van der Waals surface area contributed by atoms with Crippen molar-refractivity contribution in [1.82, 2.24) is 15.3 Å². The number of hydrogen-bond donors (Lipinski definition) is 2. The average Bonchev–Trinajstić information content (AvgIpc) is 3.07. The summed E-state index contributed by atoms with van der Waals surface area (Å²) in [4.78, 5) is 20.0. The van der Waals surface area contributed by atoms with Crippen LogP contribution in [0.4, 0.5) is 0 Å². The Morgan fingerprint density at radius 1 is 1.08 bits per heavy atom. The minimum Gasteiger partial charge on any atom is -0.358 e. The van der Waals surface area contributed by atoms with Gasteiger partial charge in [0.25, 0.3) is 5.91 Å². The minimum absolute atomic E-state index is 0.00411. The van der Waals surface area contributed by atoms with Gasteiger partial charge in [-0.3, -0.25) is 9.78 Å². The highest BCUT2D eigenvalue weighted by Crippen LogP contribution is 2.29. The summed E-state index contributed by atoms with van der Waals surface area (Å²) in [6.07, 6.45) is 3.72. The van der Waals surface area contributed by atoms with Crippen LogP contribution in [-0.2, 0) is 12.8 Å². The van der Waals surface area contributed by atoms with Crippen molar-refractivity contribution in [2.45, 2.75) is 33.6 Å². The van der Waals surface area contributed by atoms with Gasteiger partial charge in [-0.05, 0) is 67.3 Å². The smallest absolute Gasteiger partial charge is 0.253 e. The van der Waals surface area contributed by atoms with E-state index < -0.39 is 0 Å². The number of carbonyl (C=O) groups excluding carboxylic acids is 1. The molecule has 1 amide bonds. The Morgan fingerprint density at radius 2 is 1.85 bits per heavy atom. The fourth-order valence-corrected chi connectivity index (χ4v) is 3.90. The standard InChI is InChI=1S/C22H23N3O/c1-4-17-13(2)9-16(10-14(17)3)20-11-15(5-7-23-20)21-12-18-19(25-21)6-8-24-22(18)26/h5,7,9-12,25H,4,6,8H2,1-3H3,(H,24,26). The highest BCUT2D eigenvalue weighted by molar-refractivity contribution is 5.97. The summed E-state index contributed by atoms with van der Waals surface area (Å²) in [5.41, 5.74) is 9.89. The van der Waals surface area contributed by atoms with E-state index in [2.05, 4.69) is 54.3 Å². The molecule has 2 aromatic heterocycles. The number of aromatic amines is 1. The summed E-state index contributed by atoms with van der Waals surface area (Å²) in [7, 11) is 0. The Hall–Kier alpha value is -2.88. The molecule has 0 aliphatic carbocycles. The lowest BCUT2D eigenvalue weighted by molar-refractivity contribution is 0.0946. The van der Waals surface area contributed by atoms with Gasteiger partial charge in [0, 0.05) is 41.7 Å². The van der Waals surface area contributed by atoms with Crippen LogP contribution in [-0.4, -0.2) is 22.4 Å². The third-order valence-electron chi connectivity index (χ3n) is 5.22. The van der Waals surface area contributed by atoms with Crippen LogP contribution < -0.4 is 5.32 Å². The molecule has 0 unspecified atom stereocenters. The van der Waals surface area contributed by atoms with Crippen LogP contribution in [0.2, 0.25) is 0 Å². The molecule has 0 radical (unpaired) electrons. The molecule has 3 heterocycles. The molecule has 0 fully saturated rings. The Bertz CT molecular complexity index is 977. The zero-order chi connectivity index (χ0) is 18.3. The van der Waals surface area contributed by atoms with Gasteiger partial charge in [0.2, 0.25) is 0 Å². The minimum atomic E-state index is 0.00411. The Labute approximate surface area is 153 Å². The maximum absolute atomic E-state index is 12.0. The van der Waals surface area contributed by atoms with Gasteiger partial charge in [-0.25, -0.2) is 0 Å². The number of amides is 1. The average molecular weight is 345 g/mol. The van der Waals surface area contributed by atoms with Gasteiger partial charge >= 0.3 is 0 Å². The maximum Gasteiger partial charge on any atom is 0.253 e. The molecule has 4 heteroatoms. The third kappa shape index (κ3) is 2.81. The number of aromatic nitrogens is 2. The van der Waals surface area contributed by atoms with E-state index in [1.807, 2.05) is 18.3 Å². The Kier molecular flexibility index (Phi) is 4.11. The quantitative estimate of drug-likeness (QED) is 0.747.